The maximum Gasteiger partial charge on any atom is 0.150 e. The smallest absolute Gasteiger partial charge is 0.150 e. The van der Waals surface area contributed by atoms with Crippen molar-refractivity contribution in [3.05, 3.63) is 72.8 Å². The first kappa shape index (κ1) is 13.0. The molecule has 0 aliphatic rings. The van der Waals surface area contributed by atoms with Crippen molar-refractivity contribution >= 4 is 18.5 Å². The molecule has 0 aliphatic heterocycles. The minimum Gasteiger partial charge on any atom is -0.266 e. The molecule has 1 aromatic heterocycles. The number of rotatable bonds is 5. The molecule has 4 heteroatoms. The van der Waals surface area contributed by atoms with E-state index in [1.165, 1.54) is 10.6 Å². The maximum absolute atomic E-state index is 4.22. The molecule has 20 heavy (non-hydrogen) atoms. The van der Waals surface area contributed by atoms with Crippen molar-refractivity contribution in [1.29, 1.82) is 0 Å². The van der Waals surface area contributed by atoms with Gasteiger partial charge in [0.05, 0.1) is 0 Å². The first-order chi connectivity index (χ1) is 9.93. The molecule has 0 saturated heterocycles. The molecule has 0 aliphatic carbocycles. The predicted octanol–water partition coefficient (Wildman–Crippen LogP) is 2.48. The van der Waals surface area contributed by atoms with Gasteiger partial charge in [0.2, 0.25) is 0 Å². The zero-order valence-electron chi connectivity index (χ0n) is 11.1. The van der Waals surface area contributed by atoms with Crippen LogP contribution in [0.3, 0.4) is 0 Å². The highest BCUT2D eigenvalue weighted by molar-refractivity contribution is 7.73. The second-order valence-electron chi connectivity index (χ2n) is 4.49. The molecule has 0 fully saturated rings. The summed E-state index contributed by atoms with van der Waals surface area (Å²) in [5.74, 6) is 0.893. The molecular weight excluding hydrogens is 265 g/mol. The summed E-state index contributed by atoms with van der Waals surface area (Å²) in [6.45, 7) is 0. The molecule has 1 N–H and O–H groups in total. The minimum atomic E-state index is -0.350. The van der Waals surface area contributed by atoms with E-state index < -0.39 is 0 Å². The number of hydrogen-bond acceptors (Lipinski definition) is 2. The van der Waals surface area contributed by atoms with Crippen molar-refractivity contribution in [3.8, 4) is 0 Å². The lowest BCUT2D eigenvalue weighted by atomic mass is 10.4. The van der Waals surface area contributed by atoms with Crippen molar-refractivity contribution in [3.63, 3.8) is 0 Å². The van der Waals surface area contributed by atoms with Crippen LogP contribution in [0.5, 0.6) is 0 Å². The van der Waals surface area contributed by atoms with Crippen molar-refractivity contribution in [2.45, 2.75) is 6.42 Å². The summed E-state index contributed by atoms with van der Waals surface area (Å²) >= 11 is 0. The number of hydrogen-bond donors (Lipinski definition) is 1. The first-order valence-corrected chi connectivity index (χ1v) is 8.18. The standard InChI is InChI=1S/C16H16N3P/c1-3-7-14(8-4-1)20(15-9-5-2-6-10-15)12-11-16-17-13-18-19-16/h1-10,13H,11-12H2,(H,17,18,19). The van der Waals surface area contributed by atoms with Gasteiger partial charge in [-0.3, -0.25) is 5.10 Å². The SMILES string of the molecule is c1ccc(P(CCc2nc[nH]n2)c2ccccc2)cc1. The first-order valence-electron chi connectivity index (χ1n) is 6.66. The normalized spacial score (nSPS) is 10.8. The molecule has 3 aromatic rings. The Bertz CT molecular complexity index is 584. The van der Waals surface area contributed by atoms with Crippen LogP contribution in [0.1, 0.15) is 5.82 Å². The Morgan fingerprint density at radius 1 is 0.850 bits per heavy atom. The fourth-order valence-electron chi connectivity index (χ4n) is 2.19. The number of aromatic amines is 1. The molecule has 0 atom stereocenters. The number of aryl methyl sites for hydroxylation is 1. The fourth-order valence-corrected chi connectivity index (χ4v) is 4.49. The molecule has 0 bridgehead atoms. The quantitative estimate of drug-likeness (QED) is 0.730. The Morgan fingerprint density at radius 2 is 1.45 bits per heavy atom. The molecule has 3 nitrogen and oxygen atoms in total. The van der Waals surface area contributed by atoms with E-state index in [-0.39, 0.29) is 7.92 Å². The molecule has 2 aromatic carbocycles. The third-order valence-electron chi connectivity index (χ3n) is 3.16. The van der Waals surface area contributed by atoms with Crippen LogP contribution in [0.25, 0.3) is 0 Å². The topological polar surface area (TPSA) is 41.6 Å². The monoisotopic (exact) mass is 281 g/mol. The molecule has 0 unspecified atom stereocenters. The number of nitrogens with zero attached hydrogens (tertiary/aromatic N) is 2. The minimum absolute atomic E-state index is 0.350. The molecule has 0 saturated carbocycles. The average molecular weight is 281 g/mol. The molecule has 1 heterocycles. The number of aromatic nitrogens is 3. The second-order valence-corrected chi connectivity index (χ2v) is 6.82. The summed E-state index contributed by atoms with van der Waals surface area (Å²) in [6.07, 6.45) is 3.61. The van der Waals surface area contributed by atoms with E-state index >= 15 is 0 Å². The van der Waals surface area contributed by atoms with Crippen molar-refractivity contribution in [1.82, 2.24) is 15.2 Å². The summed E-state index contributed by atoms with van der Waals surface area (Å²) in [5.41, 5.74) is 0. The lowest BCUT2D eigenvalue weighted by Gasteiger charge is -2.17. The van der Waals surface area contributed by atoms with Gasteiger partial charge in [-0.15, -0.1) is 0 Å². The van der Waals surface area contributed by atoms with Crippen molar-refractivity contribution < 1.29 is 0 Å². The van der Waals surface area contributed by atoms with Crippen LogP contribution in [0.2, 0.25) is 0 Å². The van der Waals surface area contributed by atoms with Gasteiger partial charge < -0.3 is 0 Å². The van der Waals surface area contributed by atoms with E-state index in [9.17, 15) is 0 Å². The Balaban J connectivity index is 1.84. The van der Waals surface area contributed by atoms with Crippen LogP contribution in [0.4, 0.5) is 0 Å². The van der Waals surface area contributed by atoms with E-state index in [1.807, 2.05) is 0 Å². The highest BCUT2D eigenvalue weighted by atomic mass is 31.1. The van der Waals surface area contributed by atoms with Crippen molar-refractivity contribution in [2.75, 3.05) is 6.16 Å². The zero-order valence-corrected chi connectivity index (χ0v) is 12.0. The number of benzene rings is 2. The van der Waals surface area contributed by atoms with Gasteiger partial charge in [-0.05, 0) is 24.7 Å². The van der Waals surface area contributed by atoms with Crippen LogP contribution in [-0.4, -0.2) is 21.3 Å². The average Bonchev–Trinajstić information content (AvgIpc) is 3.03. The number of H-pyrrole nitrogens is 1. The Labute approximate surface area is 119 Å². The molecular formula is C16H16N3P. The van der Waals surface area contributed by atoms with Gasteiger partial charge in [-0.1, -0.05) is 60.7 Å². The molecule has 0 amide bonds. The van der Waals surface area contributed by atoms with Gasteiger partial charge in [-0.2, -0.15) is 5.10 Å². The zero-order chi connectivity index (χ0) is 13.6. The van der Waals surface area contributed by atoms with E-state index in [1.54, 1.807) is 6.33 Å². The van der Waals surface area contributed by atoms with Crippen LogP contribution < -0.4 is 10.6 Å². The van der Waals surface area contributed by atoms with Gasteiger partial charge in [0, 0.05) is 6.42 Å². The van der Waals surface area contributed by atoms with Crippen LogP contribution in [0.15, 0.2) is 67.0 Å². The summed E-state index contributed by atoms with van der Waals surface area (Å²) < 4.78 is 0. The highest BCUT2D eigenvalue weighted by Gasteiger charge is 2.14. The third-order valence-corrected chi connectivity index (χ3v) is 5.67. The van der Waals surface area contributed by atoms with Gasteiger partial charge in [0.25, 0.3) is 0 Å². The number of nitrogens with one attached hydrogen (secondary N) is 1. The van der Waals surface area contributed by atoms with Crippen LogP contribution in [-0.2, 0) is 6.42 Å². The maximum atomic E-state index is 4.22. The molecule has 100 valence electrons. The van der Waals surface area contributed by atoms with Gasteiger partial charge in [-0.25, -0.2) is 4.98 Å². The van der Waals surface area contributed by atoms with Gasteiger partial charge in [0.15, 0.2) is 5.82 Å². The van der Waals surface area contributed by atoms with Crippen LogP contribution in [0, 0.1) is 0 Å². The van der Waals surface area contributed by atoms with E-state index in [0.717, 1.165) is 18.4 Å². The summed E-state index contributed by atoms with van der Waals surface area (Å²) in [4.78, 5) is 4.22. The van der Waals surface area contributed by atoms with Crippen LogP contribution >= 0.6 is 7.92 Å². The van der Waals surface area contributed by atoms with Gasteiger partial charge >= 0.3 is 0 Å². The van der Waals surface area contributed by atoms with E-state index in [4.69, 9.17) is 0 Å². The highest BCUT2D eigenvalue weighted by Crippen LogP contribution is 2.33. The summed E-state index contributed by atoms with van der Waals surface area (Å²) in [6, 6.07) is 21.5. The predicted molar refractivity (Wildman–Crippen MR) is 84.0 cm³/mol. The fraction of sp³-hybridized carbons (Fsp3) is 0.125. The Morgan fingerprint density at radius 3 is 1.95 bits per heavy atom. The lowest BCUT2D eigenvalue weighted by Crippen LogP contribution is -2.15. The third kappa shape index (κ3) is 3.12. The lowest BCUT2D eigenvalue weighted by molar-refractivity contribution is 0.952. The van der Waals surface area contributed by atoms with E-state index in [0.29, 0.717) is 0 Å². The largest absolute Gasteiger partial charge is 0.266 e. The molecule has 0 spiro atoms. The summed E-state index contributed by atoms with van der Waals surface area (Å²) in [5, 5.41) is 9.74. The second kappa shape index (κ2) is 6.44. The Kier molecular flexibility index (Phi) is 4.19. The van der Waals surface area contributed by atoms with E-state index in [2.05, 4.69) is 75.8 Å². The molecule has 0 radical (unpaired) electrons. The Hall–Kier alpha value is -1.99. The van der Waals surface area contributed by atoms with Crippen molar-refractivity contribution in [2.24, 2.45) is 0 Å². The molecule has 3 rings (SSSR count). The van der Waals surface area contributed by atoms with Gasteiger partial charge in [0.1, 0.15) is 6.33 Å². The summed E-state index contributed by atoms with van der Waals surface area (Å²) in [7, 11) is -0.350.